The molecule has 0 saturated heterocycles. The highest BCUT2D eigenvalue weighted by molar-refractivity contribution is 6.02. The van der Waals surface area contributed by atoms with Gasteiger partial charge in [-0.25, -0.2) is 4.98 Å². The van der Waals surface area contributed by atoms with Crippen LogP contribution < -0.4 is 10.1 Å². The van der Waals surface area contributed by atoms with Crippen LogP contribution >= 0.6 is 0 Å². The molecular weight excluding hydrogens is 350 g/mol. The van der Waals surface area contributed by atoms with Crippen LogP contribution in [0.3, 0.4) is 0 Å². The lowest BCUT2D eigenvalue weighted by atomic mass is 10.2. The molecule has 5 nitrogen and oxygen atoms in total. The van der Waals surface area contributed by atoms with Crippen molar-refractivity contribution in [1.82, 2.24) is 9.97 Å². The van der Waals surface area contributed by atoms with Crippen molar-refractivity contribution < 1.29 is 9.53 Å². The Morgan fingerprint density at radius 3 is 2.64 bits per heavy atom. The standard InChI is InChI=1S/C23H19N3O2/c1-28-19-12-9-16(10-13-19)11-14-22(27)24-18-6-4-5-17(15-18)23-25-20-7-2-3-8-21(20)26-23/h2-15H,1H3,(H,24,27)(H,25,26). The highest BCUT2D eigenvalue weighted by atomic mass is 16.5. The smallest absolute Gasteiger partial charge is 0.248 e. The molecule has 0 spiro atoms. The van der Waals surface area contributed by atoms with Crippen LogP contribution in [-0.2, 0) is 4.79 Å². The molecule has 5 heteroatoms. The number of methoxy groups -OCH3 is 1. The van der Waals surface area contributed by atoms with Crippen molar-refractivity contribution in [3.05, 3.63) is 84.4 Å². The van der Waals surface area contributed by atoms with Gasteiger partial charge in [0, 0.05) is 17.3 Å². The minimum Gasteiger partial charge on any atom is -0.497 e. The first-order valence-corrected chi connectivity index (χ1v) is 8.89. The number of anilines is 1. The molecule has 0 aliphatic heterocycles. The molecule has 1 amide bonds. The third-order valence-corrected chi connectivity index (χ3v) is 4.34. The van der Waals surface area contributed by atoms with Gasteiger partial charge in [0.25, 0.3) is 0 Å². The summed E-state index contributed by atoms with van der Waals surface area (Å²) < 4.78 is 5.13. The predicted molar refractivity (Wildman–Crippen MR) is 112 cm³/mol. The number of benzene rings is 3. The number of hydrogen-bond donors (Lipinski definition) is 2. The maximum Gasteiger partial charge on any atom is 0.248 e. The zero-order valence-corrected chi connectivity index (χ0v) is 15.3. The highest BCUT2D eigenvalue weighted by Crippen LogP contribution is 2.23. The van der Waals surface area contributed by atoms with Crippen LogP contribution in [0.4, 0.5) is 5.69 Å². The summed E-state index contributed by atoms with van der Waals surface area (Å²) in [5.41, 5.74) is 4.44. The van der Waals surface area contributed by atoms with Gasteiger partial charge < -0.3 is 15.0 Å². The molecule has 0 aliphatic rings. The number of amides is 1. The predicted octanol–water partition coefficient (Wildman–Crippen LogP) is 4.89. The summed E-state index contributed by atoms with van der Waals surface area (Å²) in [5.74, 6) is 1.35. The van der Waals surface area contributed by atoms with Crippen LogP contribution in [0.1, 0.15) is 5.56 Å². The second-order valence-electron chi connectivity index (χ2n) is 6.28. The molecule has 0 aliphatic carbocycles. The number of rotatable bonds is 5. The average molecular weight is 369 g/mol. The van der Waals surface area contributed by atoms with Gasteiger partial charge in [-0.15, -0.1) is 0 Å². The first-order chi connectivity index (χ1) is 13.7. The summed E-state index contributed by atoms with van der Waals surface area (Å²) >= 11 is 0. The van der Waals surface area contributed by atoms with E-state index in [4.69, 9.17) is 4.74 Å². The lowest BCUT2D eigenvalue weighted by Gasteiger charge is -2.04. The quantitative estimate of drug-likeness (QED) is 0.492. The number of ether oxygens (including phenoxy) is 1. The van der Waals surface area contributed by atoms with Crippen LogP contribution in [-0.4, -0.2) is 23.0 Å². The molecule has 0 saturated carbocycles. The molecular formula is C23H19N3O2. The van der Waals surface area contributed by atoms with Crippen LogP contribution in [0.5, 0.6) is 5.75 Å². The van der Waals surface area contributed by atoms with E-state index in [1.165, 1.54) is 6.08 Å². The Morgan fingerprint density at radius 2 is 1.86 bits per heavy atom. The number of hydrogen-bond acceptors (Lipinski definition) is 3. The van der Waals surface area contributed by atoms with E-state index in [1.54, 1.807) is 13.2 Å². The number of para-hydroxylation sites is 2. The highest BCUT2D eigenvalue weighted by Gasteiger charge is 2.06. The van der Waals surface area contributed by atoms with Gasteiger partial charge in [-0.2, -0.15) is 0 Å². The Hall–Kier alpha value is -3.86. The van der Waals surface area contributed by atoms with E-state index < -0.39 is 0 Å². The van der Waals surface area contributed by atoms with Gasteiger partial charge in [0.15, 0.2) is 0 Å². The van der Waals surface area contributed by atoms with E-state index >= 15 is 0 Å². The number of imidazole rings is 1. The first kappa shape index (κ1) is 17.5. The molecule has 4 rings (SSSR count). The van der Waals surface area contributed by atoms with Crippen LogP contribution in [0.15, 0.2) is 78.9 Å². The Kier molecular flexibility index (Phi) is 4.89. The maximum atomic E-state index is 12.3. The topological polar surface area (TPSA) is 67.0 Å². The van der Waals surface area contributed by atoms with Gasteiger partial charge in [-0.1, -0.05) is 36.4 Å². The molecule has 28 heavy (non-hydrogen) atoms. The lowest BCUT2D eigenvalue weighted by Crippen LogP contribution is -2.07. The fourth-order valence-electron chi connectivity index (χ4n) is 2.90. The van der Waals surface area contributed by atoms with Gasteiger partial charge in [0.2, 0.25) is 5.91 Å². The van der Waals surface area contributed by atoms with Crippen molar-refractivity contribution in [3.63, 3.8) is 0 Å². The van der Waals surface area contributed by atoms with Gasteiger partial charge in [-0.3, -0.25) is 4.79 Å². The lowest BCUT2D eigenvalue weighted by molar-refractivity contribution is -0.111. The molecule has 3 aromatic carbocycles. The van der Waals surface area contributed by atoms with Crippen LogP contribution in [0.2, 0.25) is 0 Å². The SMILES string of the molecule is COc1ccc(C=CC(=O)Nc2cccc(-c3nc4ccccc4[nH]3)c2)cc1. The largest absolute Gasteiger partial charge is 0.497 e. The number of fused-ring (bicyclic) bond motifs is 1. The second kappa shape index (κ2) is 7.80. The zero-order chi connectivity index (χ0) is 19.3. The van der Waals surface area contributed by atoms with Gasteiger partial charge in [0.1, 0.15) is 11.6 Å². The number of aromatic amines is 1. The second-order valence-corrected chi connectivity index (χ2v) is 6.28. The summed E-state index contributed by atoms with van der Waals surface area (Å²) in [6, 6.07) is 23.0. The van der Waals surface area contributed by atoms with E-state index in [2.05, 4.69) is 15.3 Å². The van der Waals surface area contributed by atoms with Crippen molar-refractivity contribution >= 4 is 28.7 Å². The summed E-state index contributed by atoms with van der Waals surface area (Å²) in [5, 5.41) is 2.89. The van der Waals surface area contributed by atoms with Gasteiger partial charge >= 0.3 is 0 Å². The third-order valence-electron chi connectivity index (χ3n) is 4.34. The van der Waals surface area contributed by atoms with Gasteiger partial charge in [-0.05, 0) is 48.0 Å². The van der Waals surface area contributed by atoms with Crippen molar-refractivity contribution in [1.29, 1.82) is 0 Å². The summed E-state index contributed by atoms with van der Waals surface area (Å²) in [7, 11) is 1.62. The molecule has 0 atom stereocenters. The molecule has 0 radical (unpaired) electrons. The maximum absolute atomic E-state index is 12.3. The van der Waals surface area contributed by atoms with E-state index in [9.17, 15) is 4.79 Å². The molecule has 1 aromatic heterocycles. The first-order valence-electron chi connectivity index (χ1n) is 8.89. The Balaban J connectivity index is 1.48. The van der Waals surface area contributed by atoms with E-state index in [-0.39, 0.29) is 5.91 Å². The minimum absolute atomic E-state index is 0.197. The number of H-pyrrole nitrogens is 1. The zero-order valence-electron chi connectivity index (χ0n) is 15.3. The van der Waals surface area contributed by atoms with Crippen molar-refractivity contribution in [3.8, 4) is 17.1 Å². The summed E-state index contributed by atoms with van der Waals surface area (Å²) in [6.07, 6.45) is 3.27. The Bertz CT molecular complexity index is 1110. The van der Waals surface area contributed by atoms with E-state index in [0.717, 1.165) is 33.7 Å². The van der Waals surface area contributed by atoms with Crippen molar-refractivity contribution in [2.75, 3.05) is 12.4 Å². The fraction of sp³-hybridized carbons (Fsp3) is 0.0435. The summed E-state index contributed by atoms with van der Waals surface area (Å²) in [4.78, 5) is 20.2. The number of nitrogens with zero attached hydrogens (tertiary/aromatic N) is 1. The number of nitrogens with one attached hydrogen (secondary N) is 2. The van der Waals surface area contributed by atoms with Crippen LogP contribution in [0, 0.1) is 0 Å². The molecule has 0 fully saturated rings. The minimum atomic E-state index is -0.197. The number of carbonyl (C=O) groups excluding carboxylic acids is 1. The number of carbonyl (C=O) groups is 1. The van der Waals surface area contributed by atoms with Crippen LogP contribution in [0.25, 0.3) is 28.5 Å². The monoisotopic (exact) mass is 369 g/mol. The fourth-order valence-corrected chi connectivity index (χ4v) is 2.90. The molecule has 138 valence electrons. The molecule has 1 heterocycles. The van der Waals surface area contributed by atoms with Gasteiger partial charge in [0.05, 0.1) is 18.1 Å². The molecule has 0 unspecified atom stereocenters. The average Bonchev–Trinajstić information content (AvgIpc) is 3.17. The Labute approximate surface area is 162 Å². The number of aromatic nitrogens is 2. The van der Waals surface area contributed by atoms with E-state index in [1.807, 2.05) is 72.8 Å². The molecule has 0 bridgehead atoms. The van der Waals surface area contributed by atoms with E-state index in [0.29, 0.717) is 5.69 Å². The Morgan fingerprint density at radius 1 is 1.04 bits per heavy atom. The third kappa shape index (κ3) is 3.94. The molecule has 2 N–H and O–H groups in total. The van der Waals surface area contributed by atoms with Crippen molar-refractivity contribution in [2.45, 2.75) is 0 Å². The summed E-state index contributed by atoms with van der Waals surface area (Å²) in [6.45, 7) is 0. The molecule has 4 aromatic rings. The van der Waals surface area contributed by atoms with Crippen molar-refractivity contribution in [2.24, 2.45) is 0 Å². The normalized spacial score (nSPS) is 11.0.